The topological polar surface area (TPSA) is 73.9 Å². The fraction of sp³-hybridized carbons (Fsp3) is 0.308. The van der Waals surface area contributed by atoms with Crippen molar-refractivity contribution in [3.05, 3.63) is 83.2 Å². The van der Waals surface area contributed by atoms with Crippen molar-refractivity contribution in [1.82, 2.24) is 5.32 Å². The lowest BCUT2D eigenvalue weighted by Gasteiger charge is -2.40. The molecule has 0 bridgehead atoms. The van der Waals surface area contributed by atoms with Crippen LogP contribution in [-0.2, 0) is 14.3 Å². The number of rotatable bonds is 4. The molecule has 164 valence electrons. The summed E-state index contributed by atoms with van der Waals surface area (Å²) in [5.41, 5.74) is 3.97. The highest BCUT2D eigenvalue weighted by Gasteiger charge is 2.45. The Labute approximate surface area is 186 Å². The molecule has 2 aromatic rings. The number of Topliss-reactive ketones (excluding diaryl/α,β-unsaturated/α-hetero) is 1. The number of esters is 1. The van der Waals surface area contributed by atoms with E-state index in [0.29, 0.717) is 35.6 Å². The van der Waals surface area contributed by atoms with Crippen LogP contribution in [0.5, 0.6) is 11.5 Å². The van der Waals surface area contributed by atoms with E-state index >= 15 is 0 Å². The predicted molar refractivity (Wildman–Crippen MR) is 118 cm³/mol. The van der Waals surface area contributed by atoms with Crippen molar-refractivity contribution in [2.24, 2.45) is 5.92 Å². The summed E-state index contributed by atoms with van der Waals surface area (Å²) in [6, 6.07) is 15.6. The fourth-order valence-corrected chi connectivity index (χ4v) is 4.99. The minimum Gasteiger partial charge on any atom is -0.465 e. The third-order valence-corrected chi connectivity index (χ3v) is 6.41. The standard InChI is InChI=1S/C26H25NO5/c1-3-30-26(29)23-15(2)27-19-11-18(16-7-5-4-6-8-16)12-20(28)25(19)24(23)17-9-10-21-22(13-17)32-14-31-21/h4-10,13,18,23-24,27H,2-3,11-12,14H2,1H3. The maximum Gasteiger partial charge on any atom is 0.315 e. The number of benzene rings is 2. The molecule has 3 aliphatic rings. The van der Waals surface area contributed by atoms with Crippen molar-refractivity contribution in [3.63, 3.8) is 0 Å². The molecule has 0 saturated heterocycles. The number of carbonyl (C=O) groups is 2. The minimum atomic E-state index is -0.703. The first-order valence-corrected chi connectivity index (χ1v) is 10.9. The zero-order valence-electron chi connectivity index (χ0n) is 17.9. The van der Waals surface area contributed by atoms with Crippen molar-refractivity contribution in [3.8, 4) is 11.5 Å². The van der Waals surface area contributed by atoms with Gasteiger partial charge in [-0.15, -0.1) is 0 Å². The van der Waals surface area contributed by atoms with Gasteiger partial charge in [0.05, 0.1) is 6.61 Å². The van der Waals surface area contributed by atoms with Gasteiger partial charge in [0.1, 0.15) is 5.92 Å². The largest absolute Gasteiger partial charge is 0.465 e. The quantitative estimate of drug-likeness (QED) is 0.732. The van der Waals surface area contributed by atoms with E-state index in [2.05, 4.69) is 24.0 Å². The van der Waals surface area contributed by atoms with Crippen molar-refractivity contribution in [1.29, 1.82) is 0 Å². The number of hydrogen-bond acceptors (Lipinski definition) is 6. The van der Waals surface area contributed by atoms with Gasteiger partial charge in [-0.25, -0.2) is 0 Å². The van der Waals surface area contributed by atoms with Gasteiger partial charge in [-0.3, -0.25) is 9.59 Å². The molecule has 0 aromatic heterocycles. The van der Waals surface area contributed by atoms with E-state index in [1.807, 2.05) is 36.4 Å². The Morgan fingerprint density at radius 2 is 1.88 bits per heavy atom. The lowest BCUT2D eigenvalue weighted by Crippen LogP contribution is -2.42. The average Bonchev–Trinajstić information content (AvgIpc) is 3.26. The van der Waals surface area contributed by atoms with Gasteiger partial charge in [-0.05, 0) is 42.5 Å². The van der Waals surface area contributed by atoms with E-state index in [0.717, 1.165) is 16.8 Å². The Morgan fingerprint density at radius 1 is 1.09 bits per heavy atom. The Bertz CT molecular complexity index is 1120. The molecule has 5 rings (SSSR count). The first-order chi connectivity index (χ1) is 15.6. The number of ketones is 1. The summed E-state index contributed by atoms with van der Waals surface area (Å²) in [7, 11) is 0. The Kier molecular flexibility index (Phi) is 5.21. The van der Waals surface area contributed by atoms with Gasteiger partial charge < -0.3 is 19.5 Å². The first-order valence-electron chi connectivity index (χ1n) is 10.9. The zero-order valence-corrected chi connectivity index (χ0v) is 17.9. The van der Waals surface area contributed by atoms with E-state index in [9.17, 15) is 9.59 Å². The SMILES string of the molecule is C=C1NC2=C(C(=O)CC(c3ccccc3)C2)C(c2ccc3c(c2)OCO3)C1C(=O)OCC. The molecule has 32 heavy (non-hydrogen) atoms. The molecule has 2 aliphatic heterocycles. The highest BCUT2D eigenvalue weighted by molar-refractivity contribution is 6.01. The van der Waals surface area contributed by atoms with Crippen LogP contribution < -0.4 is 14.8 Å². The molecule has 0 spiro atoms. The van der Waals surface area contributed by atoms with Crippen molar-refractivity contribution in [2.45, 2.75) is 31.6 Å². The predicted octanol–water partition coefficient (Wildman–Crippen LogP) is 4.20. The van der Waals surface area contributed by atoms with E-state index < -0.39 is 17.8 Å². The van der Waals surface area contributed by atoms with Gasteiger partial charge in [-0.2, -0.15) is 0 Å². The third-order valence-electron chi connectivity index (χ3n) is 6.41. The Balaban J connectivity index is 1.60. The number of nitrogens with one attached hydrogen (secondary N) is 1. The van der Waals surface area contributed by atoms with E-state index in [1.54, 1.807) is 6.92 Å². The van der Waals surface area contributed by atoms with Crippen LogP contribution in [0.2, 0.25) is 0 Å². The summed E-state index contributed by atoms with van der Waals surface area (Å²) in [5.74, 6) is -0.194. The molecule has 3 unspecified atom stereocenters. The van der Waals surface area contributed by atoms with Gasteiger partial charge >= 0.3 is 5.97 Å². The molecule has 1 N–H and O–H groups in total. The summed E-state index contributed by atoms with van der Waals surface area (Å²) in [5, 5.41) is 3.30. The summed E-state index contributed by atoms with van der Waals surface area (Å²) in [6.45, 7) is 6.33. The van der Waals surface area contributed by atoms with Gasteiger partial charge in [0, 0.05) is 29.3 Å². The molecule has 2 aromatic carbocycles. The highest BCUT2D eigenvalue weighted by atomic mass is 16.7. The summed E-state index contributed by atoms with van der Waals surface area (Å²) in [6.07, 6.45) is 1.08. The van der Waals surface area contributed by atoms with Crippen LogP contribution in [0, 0.1) is 5.92 Å². The van der Waals surface area contributed by atoms with Crippen LogP contribution >= 0.6 is 0 Å². The first kappa shape index (κ1) is 20.4. The maximum atomic E-state index is 13.5. The van der Waals surface area contributed by atoms with Crippen LogP contribution in [-0.4, -0.2) is 25.2 Å². The Morgan fingerprint density at radius 3 is 2.66 bits per heavy atom. The summed E-state index contributed by atoms with van der Waals surface area (Å²) < 4.78 is 16.4. The van der Waals surface area contributed by atoms with E-state index in [-0.39, 0.29) is 25.1 Å². The van der Waals surface area contributed by atoms with Crippen LogP contribution in [0.3, 0.4) is 0 Å². The summed E-state index contributed by atoms with van der Waals surface area (Å²) in [4.78, 5) is 26.5. The number of fused-ring (bicyclic) bond motifs is 1. The average molecular weight is 431 g/mol. The number of hydrogen-bond donors (Lipinski definition) is 1. The lowest BCUT2D eigenvalue weighted by molar-refractivity contribution is -0.147. The van der Waals surface area contributed by atoms with Gasteiger partial charge in [0.2, 0.25) is 6.79 Å². The molecule has 3 atom stereocenters. The highest BCUT2D eigenvalue weighted by Crippen LogP contribution is 2.48. The van der Waals surface area contributed by atoms with Crippen LogP contribution in [0.25, 0.3) is 0 Å². The molecular weight excluding hydrogens is 406 g/mol. The van der Waals surface area contributed by atoms with Crippen LogP contribution in [0.4, 0.5) is 0 Å². The molecule has 1 aliphatic carbocycles. The van der Waals surface area contributed by atoms with Crippen LogP contribution in [0.15, 0.2) is 72.1 Å². The third kappa shape index (κ3) is 3.45. The smallest absolute Gasteiger partial charge is 0.315 e. The van der Waals surface area contributed by atoms with Gasteiger partial charge in [-0.1, -0.05) is 43.0 Å². The molecule has 6 heteroatoms. The fourth-order valence-electron chi connectivity index (χ4n) is 4.99. The van der Waals surface area contributed by atoms with Gasteiger partial charge in [0.25, 0.3) is 0 Å². The molecule has 6 nitrogen and oxygen atoms in total. The molecular formula is C26H25NO5. The molecule has 0 radical (unpaired) electrons. The molecule has 2 heterocycles. The molecule has 0 fully saturated rings. The number of ether oxygens (including phenoxy) is 3. The maximum absolute atomic E-state index is 13.5. The normalized spacial score (nSPS) is 24.1. The minimum absolute atomic E-state index is 0.0390. The van der Waals surface area contributed by atoms with Crippen molar-refractivity contribution >= 4 is 11.8 Å². The van der Waals surface area contributed by atoms with Crippen molar-refractivity contribution < 1.29 is 23.8 Å². The molecule has 0 saturated carbocycles. The van der Waals surface area contributed by atoms with Crippen LogP contribution in [0.1, 0.15) is 42.7 Å². The van der Waals surface area contributed by atoms with E-state index in [1.165, 1.54) is 0 Å². The Hall–Kier alpha value is -3.54. The lowest BCUT2D eigenvalue weighted by atomic mass is 9.69. The second-order valence-corrected chi connectivity index (χ2v) is 8.30. The summed E-state index contributed by atoms with van der Waals surface area (Å²) >= 11 is 0. The zero-order chi connectivity index (χ0) is 22.2. The van der Waals surface area contributed by atoms with Gasteiger partial charge in [0.15, 0.2) is 17.3 Å². The second-order valence-electron chi connectivity index (χ2n) is 8.30. The number of carbonyl (C=O) groups excluding carboxylic acids is 2. The molecule has 0 amide bonds. The number of allylic oxidation sites excluding steroid dienone is 2. The monoisotopic (exact) mass is 431 g/mol. The van der Waals surface area contributed by atoms with Crippen molar-refractivity contribution in [2.75, 3.05) is 13.4 Å². The second kappa shape index (κ2) is 8.19. The van der Waals surface area contributed by atoms with E-state index in [4.69, 9.17) is 14.2 Å².